The number of phenols is 1. The van der Waals surface area contributed by atoms with E-state index in [4.69, 9.17) is 27.9 Å². The summed E-state index contributed by atoms with van der Waals surface area (Å²) in [7, 11) is 0. The van der Waals surface area contributed by atoms with E-state index >= 15 is 0 Å². The molecule has 0 bridgehead atoms. The van der Waals surface area contributed by atoms with E-state index in [1.165, 1.54) is 0 Å². The fourth-order valence-corrected chi connectivity index (χ4v) is 2.35. The molecule has 0 aliphatic carbocycles. The lowest BCUT2D eigenvalue weighted by molar-refractivity contribution is 0.475. The van der Waals surface area contributed by atoms with Gasteiger partial charge in [0.15, 0.2) is 0 Å². The summed E-state index contributed by atoms with van der Waals surface area (Å²) >= 11 is 11.8. The van der Waals surface area contributed by atoms with Crippen LogP contribution in [0, 0.1) is 0 Å². The third-order valence-electron chi connectivity index (χ3n) is 3.18. The van der Waals surface area contributed by atoms with Crippen LogP contribution in [0.1, 0.15) is 0 Å². The number of hydrogen-bond acceptors (Lipinski definition) is 2. The Balaban J connectivity index is 1.80. The molecule has 0 heterocycles. The average molecular weight is 331 g/mol. The fourth-order valence-electron chi connectivity index (χ4n) is 2.04. The Morgan fingerprint density at radius 1 is 0.682 bits per heavy atom. The zero-order valence-corrected chi connectivity index (χ0v) is 13.0. The Kier molecular flexibility index (Phi) is 4.23. The van der Waals surface area contributed by atoms with Crippen LogP contribution in [-0.2, 0) is 0 Å². The Morgan fingerprint density at radius 3 is 1.82 bits per heavy atom. The van der Waals surface area contributed by atoms with E-state index < -0.39 is 0 Å². The second-order valence-corrected chi connectivity index (χ2v) is 5.59. The molecule has 0 spiro atoms. The summed E-state index contributed by atoms with van der Waals surface area (Å²) in [5.41, 5.74) is 1.92. The van der Waals surface area contributed by atoms with Gasteiger partial charge in [0.1, 0.15) is 17.2 Å². The maximum Gasteiger partial charge on any atom is 0.134 e. The smallest absolute Gasteiger partial charge is 0.134 e. The van der Waals surface area contributed by atoms with E-state index in [0.717, 1.165) is 22.6 Å². The lowest BCUT2D eigenvalue weighted by Crippen LogP contribution is -1.84. The van der Waals surface area contributed by atoms with Gasteiger partial charge in [-0.1, -0.05) is 41.4 Å². The molecule has 22 heavy (non-hydrogen) atoms. The van der Waals surface area contributed by atoms with Gasteiger partial charge in [0.05, 0.1) is 5.02 Å². The minimum Gasteiger partial charge on any atom is -0.506 e. The van der Waals surface area contributed by atoms with Crippen molar-refractivity contribution in [2.24, 2.45) is 0 Å². The Bertz CT molecular complexity index is 781. The minimum absolute atomic E-state index is 0.0770. The molecule has 4 heteroatoms. The SMILES string of the molecule is Oc1ccc(-c2ccc(Oc3ccc(Cl)cc3)cc2)cc1Cl. The summed E-state index contributed by atoms with van der Waals surface area (Å²) in [6.45, 7) is 0. The van der Waals surface area contributed by atoms with Gasteiger partial charge in [-0.2, -0.15) is 0 Å². The molecule has 0 atom stereocenters. The van der Waals surface area contributed by atoms with Gasteiger partial charge >= 0.3 is 0 Å². The first-order valence-corrected chi connectivity index (χ1v) is 7.40. The highest BCUT2D eigenvalue weighted by Crippen LogP contribution is 2.31. The molecule has 0 fully saturated rings. The topological polar surface area (TPSA) is 29.5 Å². The van der Waals surface area contributed by atoms with E-state index in [9.17, 15) is 5.11 Å². The Hall–Kier alpha value is -2.16. The number of hydrogen-bond donors (Lipinski definition) is 1. The molecule has 0 amide bonds. The highest BCUT2D eigenvalue weighted by molar-refractivity contribution is 6.32. The van der Waals surface area contributed by atoms with Gasteiger partial charge < -0.3 is 9.84 Å². The van der Waals surface area contributed by atoms with Crippen molar-refractivity contribution in [2.45, 2.75) is 0 Å². The molecule has 0 saturated heterocycles. The molecule has 110 valence electrons. The van der Waals surface area contributed by atoms with Gasteiger partial charge in [0.25, 0.3) is 0 Å². The van der Waals surface area contributed by atoms with Crippen LogP contribution in [0.2, 0.25) is 10.0 Å². The zero-order valence-electron chi connectivity index (χ0n) is 11.5. The number of aromatic hydroxyl groups is 1. The second-order valence-electron chi connectivity index (χ2n) is 4.75. The molecule has 0 aliphatic heterocycles. The van der Waals surface area contributed by atoms with Crippen LogP contribution in [-0.4, -0.2) is 5.11 Å². The van der Waals surface area contributed by atoms with Gasteiger partial charge in [0.2, 0.25) is 0 Å². The summed E-state index contributed by atoms with van der Waals surface area (Å²) in [4.78, 5) is 0. The molecule has 2 nitrogen and oxygen atoms in total. The number of phenolic OH excluding ortho intramolecular Hbond substituents is 1. The third kappa shape index (κ3) is 3.35. The molecule has 0 saturated carbocycles. The van der Waals surface area contributed by atoms with Gasteiger partial charge in [0, 0.05) is 5.02 Å². The predicted octanol–water partition coefficient (Wildman–Crippen LogP) is 6.16. The first-order valence-electron chi connectivity index (χ1n) is 6.64. The van der Waals surface area contributed by atoms with E-state index in [0.29, 0.717) is 10.0 Å². The average Bonchev–Trinajstić information content (AvgIpc) is 2.53. The first-order chi connectivity index (χ1) is 10.6. The zero-order chi connectivity index (χ0) is 15.5. The van der Waals surface area contributed by atoms with Crippen LogP contribution in [0.25, 0.3) is 11.1 Å². The van der Waals surface area contributed by atoms with Crippen molar-refractivity contribution in [1.82, 2.24) is 0 Å². The molecule has 0 radical (unpaired) electrons. The Labute approximate surface area is 138 Å². The standard InChI is InChI=1S/C18H12Cl2O2/c19-14-4-8-16(9-5-14)22-15-6-1-12(2-7-15)13-3-10-18(21)17(20)11-13/h1-11,21H. The molecule has 0 unspecified atom stereocenters. The number of halogens is 2. The second kappa shape index (κ2) is 6.30. The van der Waals surface area contributed by atoms with E-state index in [1.807, 2.05) is 42.5 Å². The van der Waals surface area contributed by atoms with Crippen molar-refractivity contribution in [1.29, 1.82) is 0 Å². The maximum absolute atomic E-state index is 9.46. The predicted molar refractivity (Wildman–Crippen MR) is 90.1 cm³/mol. The quantitative estimate of drug-likeness (QED) is 0.623. The molecule has 1 N–H and O–H groups in total. The highest BCUT2D eigenvalue weighted by atomic mass is 35.5. The molecular formula is C18H12Cl2O2. The van der Waals surface area contributed by atoms with Crippen molar-refractivity contribution in [3.63, 3.8) is 0 Å². The fraction of sp³-hybridized carbons (Fsp3) is 0. The van der Waals surface area contributed by atoms with Crippen LogP contribution in [0.5, 0.6) is 17.2 Å². The normalized spacial score (nSPS) is 10.5. The lowest BCUT2D eigenvalue weighted by Gasteiger charge is -2.08. The number of benzene rings is 3. The maximum atomic E-state index is 9.46. The summed E-state index contributed by atoms with van der Waals surface area (Å²) in [5.74, 6) is 1.54. The molecule has 0 aromatic heterocycles. The van der Waals surface area contributed by atoms with Crippen LogP contribution >= 0.6 is 23.2 Å². The number of ether oxygens (including phenoxy) is 1. The van der Waals surface area contributed by atoms with Crippen molar-refractivity contribution in [3.8, 4) is 28.4 Å². The van der Waals surface area contributed by atoms with Crippen LogP contribution in [0.15, 0.2) is 66.7 Å². The van der Waals surface area contributed by atoms with Crippen LogP contribution in [0.4, 0.5) is 0 Å². The van der Waals surface area contributed by atoms with E-state index in [1.54, 1.807) is 24.3 Å². The molecule has 3 aromatic rings. The van der Waals surface area contributed by atoms with Crippen LogP contribution in [0.3, 0.4) is 0 Å². The van der Waals surface area contributed by atoms with Gasteiger partial charge in [-0.3, -0.25) is 0 Å². The summed E-state index contributed by atoms with van der Waals surface area (Å²) in [5, 5.41) is 10.5. The van der Waals surface area contributed by atoms with Gasteiger partial charge in [-0.25, -0.2) is 0 Å². The van der Waals surface area contributed by atoms with Crippen LogP contribution < -0.4 is 4.74 Å². The molecule has 0 aliphatic rings. The molecule has 3 aromatic carbocycles. The van der Waals surface area contributed by atoms with Crippen molar-refractivity contribution in [2.75, 3.05) is 0 Å². The highest BCUT2D eigenvalue weighted by Gasteiger charge is 2.03. The lowest BCUT2D eigenvalue weighted by atomic mass is 10.1. The van der Waals surface area contributed by atoms with Gasteiger partial charge in [-0.05, 0) is 59.7 Å². The third-order valence-corrected chi connectivity index (χ3v) is 3.74. The monoisotopic (exact) mass is 330 g/mol. The van der Waals surface area contributed by atoms with Crippen molar-refractivity contribution >= 4 is 23.2 Å². The Morgan fingerprint density at radius 2 is 1.23 bits per heavy atom. The van der Waals surface area contributed by atoms with Crippen molar-refractivity contribution < 1.29 is 9.84 Å². The first kappa shape index (κ1) is 14.8. The number of rotatable bonds is 3. The summed E-state index contributed by atoms with van der Waals surface area (Å²) in [6.07, 6.45) is 0. The van der Waals surface area contributed by atoms with Crippen molar-refractivity contribution in [3.05, 3.63) is 76.8 Å². The largest absolute Gasteiger partial charge is 0.506 e. The molecule has 3 rings (SSSR count). The summed E-state index contributed by atoms with van der Waals surface area (Å²) < 4.78 is 5.74. The summed E-state index contributed by atoms with van der Waals surface area (Å²) in [6, 6.07) is 20.0. The minimum atomic E-state index is 0.0770. The van der Waals surface area contributed by atoms with Gasteiger partial charge in [-0.15, -0.1) is 0 Å². The van der Waals surface area contributed by atoms with E-state index in [-0.39, 0.29) is 5.75 Å². The van der Waals surface area contributed by atoms with E-state index in [2.05, 4.69) is 0 Å². The molecular weight excluding hydrogens is 319 g/mol.